The summed E-state index contributed by atoms with van der Waals surface area (Å²) in [5.41, 5.74) is -0.807. The van der Waals surface area contributed by atoms with Gasteiger partial charge in [-0.1, -0.05) is 30.3 Å². The molecule has 170 valence electrons. The number of benzene rings is 2. The number of alkyl halides is 3. The smallest absolute Gasteiger partial charge is 0.416 e. The van der Waals surface area contributed by atoms with Crippen molar-refractivity contribution in [2.45, 2.75) is 37.3 Å². The number of carbonyl (C=O) groups is 2. The Morgan fingerprint density at radius 3 is 2.22 bits per heavy atom. The fraction of sp³-hybridized carbons (Fsp3) is 0.391. The lowest BCUT2D eigenvalue weighted by Gasteiger charge is -2.44. The largest absolute Gasteiger partial charge is 0.480 e. The number of rotatable bonds is 4. The summed E-state index contributed by atoms with van der Waals surface area (Å²) in [5.74, 6) is -1.84. The molecule has 2 aromatic rings. The van der Waals surface area contributed by atoms with E-state index in [-0.39, 0.29) is 12.2 Å². The third-order valence-corrected chi connectivity index (χ3v) is 6.11. The van der Waals surface area contributed by atoms with Gasteiger partial charge in [0.25, 0.3) is 5.91 Å². The zero-order valence-electron chi connectivity index (χ0n) is 17.2. The molecule has 2 heterocycles. The van der Waals surface area contributed by atoms with Crippen LogP contribution in [0.1, 0.15) is 34.3 Å². The molecule has 1 spiro atoms. The third kappa shape index (κ3) is 4.35. The lowest BCUT2D eigenvalue weighted by atomic mass is 9.96. The lowest BCUT2D eigenvalue weighted by molar-refractivity contribution is -0.144. The third-order valence-electron chi connectivity index (χ3n) is 6.11. The van der Waals surface area contributed by atoms with E-state index in [1.54, 1.807) is 0 Å². The summed E-state index contributed by atoms with van der Waals surface area (Å²) in [7, 11) is 0. The van der Waals surface area contributed by atoms with Crippen LogP contribution in [-0.2, 0) is 22.3 Å². The molecule has 2 saturated heterocycles. The van der Waals surface area contributed by atoms with Crippen molar-refractivity contribution in [3.05, 3.63) is 71.3 Å². The highest BCUT2D eigenvalue weighted by atomic mass is 19.4. The van der Waals surface area contributed by atoms with Gasteiger partial charge in [-0.2, -0.15) is 13.2 Å². The monoisotopic (exact) mass is 448 g/mol. The average Bonchev–Trinajstić information content (AvgIpc) is 3.14. The number of halogens is 3. The van der Waals surface area contributed by atoms with Crippen LogP contribution in [0.4, 0.5) is 13.2 Å². The van der Waals surface area contributed by atoms with Crippen molar-refractivity contribution in [3.8, 4) is 0 Å². The molecular weight excluding hydrogens is 425 g/mol. The molecule has 2 fully saturated rings. The highest BCUT2D eigenvalue weighted by Gasteiger charge is 2.54. The van der Waals surface area contributed by atoms with Gasteiger partial charge >= 0.3 is 12.1 Å². The summed E-state index contributed by atoms with van der Waals surface area (Å²) in [6, 6.07) is 12.6. The van der Waals surface area contributed by atoms with E-state index in [1.165, 1.54) is 4.90 Å². The van der Waals surface area contributed by atoms with Crippen LogP contribution in [0.3, 0.4) is 0 Å². The van der Waals surface area contributed by atoms with E-state index in [2.05, 4.69) is 4.90 Å². The second-order valence-corrected chi connectivity index (χ2v) is 8.12. The SMILES string of the molecule is O=C(O)C1COC2(CCN(Cc3ccccc3)CC2)N1C(=O)c1ccc(C(F)(F)F)cc1. The number of carboxylic acid groups (broad SMARTS) is 1. The van der Waals surface area contributed by atoms with Crippen LogP contribution in [0.25, 0.3) is 0 Å². The number of carbonyl (C=O) groups excluding carboxylic acids is 1. The lowest BCUT2D eigenvalue weighted by Crippen LogP contribution is -2.58. The van der Waals surface area contributed by atoms with Gasteiger partial charge in [0.1, 0.15) is 5.72 Å². The summed E-state index contributed by atoms with van der Waals surface area (Å²) in [4.78, 5) is 28.5. The number of hydrogen-bond donors (Lipinski definition) is 1. The number of nitrogens with zero attached hydrogens (tertiary/aromatic N) is 2. The Labute approximate surface area is 183 Å². The first-order valence-corrected chi connectivity index (χ1v) is 10.3. The van der Waals surface area contributed by atoms with Crippen LogP contribution >= 0.6 is 0 Å². The number of likely N-dealkylation sites (tertiary alicyclic amines) is 1. The summed E-state index contributed by atoms with van der Waals surface area (Å²) >= 11 is 0. The standard InChI is InChI=1S/C23H23F3N2O4/c24-23(25,26)18-8-6-17(7-9-18)20(29)28-19(21(30)31)15-32-22(28)10-12-27(13-11-22)14-16-4-2-1-3-5-16/h1-9,19H,10-15H2,(H,30,31). The molecule has 4 rings (SSSR count). The van der Waals surface area contributed by atoms with Gasteiger partial charge in [-0.05, 0) is 29.8 Å². The van der Waals surface area contributed by atoms with E-state index in [0.717, 1.165) is 36.4 Å². The van der Waals surface area contributed by atoms with E-state index in [9.17, 15) is 27.9 Å². The molecular formula is C23H23F3N2O4. The molecule has 2 aromatic carbocycles. The second kappa shape index (κ2) is 8.55. The molecule has 9 heteroatoms. The minimum Gasteiger partial charge on any atom is -0.480 e. The highest BCUT2D eigenvalue weighted by molar-refractivity contribution is 5.97. The van der Waals surface area contributed by atoms with Crippen molar-refractivity contribution in [2.24, 2.45) is 0 Å². The van der Waals surface area contributed by atoms with Crippen LogP contribution in [0.15, 0.2) is 54.6 Å². The zero-order chi connectivity index (χ0) is 22.9. The van der Waals surface area contributed by atoms with E-state index in [0.29, 0.717) is 25.9 Å². The molecule has 0 bridgehead atoms. The van der Waals surface area contributed by atoms with Crippen LogP contribution in [0.2, 0.25) is 0 Å². The Morgan fingerprint density at radius 1 is 1.03 bits per heavy atom. The Bertz CT molecular complexity index is 971. The zero-order valence-corrected chi connectivity index (χ0v) is 17.2. The molecule has 0 radical (unpaired) electrons. The molecule has 0 aromatic heterocycles. The molecule has 1 N–H and O–H groups in total. The van der Waals surface area contributed by atoms with Crippen molar-refractivity contribution in [3.63, 3.8) is 0 Å². The predicted octanol–water partition coefficient (Wildman–Crippen LogP) is 3.62. The molecule has 32 heavy (non-hydrogen) atoms. The van der Waals surface area contributed by atoms with E-state index >= 15 is 0 Å². The Morgan fingerprint density at radius 2 is 1.66 bits per heavy atom. The highest BCUT2D eigenvalue weighted by Crippen LogP contribution is 2.39. The molecule has 0 saturated carbocycles. The number of carboxylic acids is 1. The number of amides is 1. The average molecular weight is 448 g/mol. The summed E-state index contributed by atoms with van der Waals surface area (Å²) in [6.07, 6.45) is -3.69. The maximum atomic E-state index is 13.3. The molecule has 2 aliphatic heterocycles. The van der Waals surface area contributed by atoms with Crippen molar-refractivity contribution in [2.75, 3.05) is 19.7 Å². The second-order valence-electron chi connectivity index (χ2n) is 8.12. The van der Waals surface area contributed by atoms with Gasteiger partial charge in [0, 0.05) is 38.0 Å². The summed E-state index contributed by atoms with van der Waals surface area (Å²) in [5, 5.41) is 9.66. The molecule has 6 nitrogen and oxygen atoms in total. The molecule has 1 amide bonds. The molecule has 0 aliphatic carbocycles. The van der Waals surface area contributed by atoms with Crippen molar-refractivity contribution in [1.82, 2.24) is 9.80 Å². The van der Waals surface area contributed by atoms with Crippen LogP contribution in [-0.4, -0.2) is 58.2 Å². The maximum Gasteiger partial charge on any atom is 0.416 e. The fourth-order valence-electron chi connectivity index (χ4n) is 4.40. The molecule has 1 atom stereocenters. The summed E-state index contributed by atoms with van der Waals surface area (Å²) < 4.78 is 44.5. The Balaban J connectivity index is 1.53. The van der Waals surface area contributed by atoms with Crippen LogP contribution in [0.5, 0.6) is 0 Å². The first-order chi connectivity index (χ1) is 15.2. The minimum atomic E-state index is -4.52. The first kappa shape index (κ1) is 22.3. The van der Waals surface area contributed by atoms with Crippen molar-refractivity contribution in [1.29, 1.82) is 0 Å². The van der Waals surface area contributed by atoms with E-state index < -0.39 is 35.4 Å². The van der Waals surface area contributed by atoms with Gasteiger partial charge in [0.05, 0.1) is 12.2 Å². The first-order valence-electron chi connectivity index (χ1n) is 10.3. The van der Waals surface area contributed by atoms with Gasteiger partial charge < -0.3 is 9.84 Å². The molecule has 2 aliphatic rings. The molecule has 1 unspecified atom stereocenters. The van der Waals surface area contributed by atoms with Gasteiger partial charge in [-0.3, -0.25) is 14.6 Å². The van der Waals surface area contributed by atoms with Crippen molar-refractivity contribution < 1.29 is 32.6 Å². The van der Waals surface area contributed by atoms with Gasteiger partial charge in [-0.25, -0.2) is 4.79 Å². The number of piperidine rings is 1. The number of ether oxygens (including phenoxy) is 1. The minimum absolute atomic E-state index is 0.000778. The summed E-state index contributed by atoms with van der Waals surface area (Å²) in [6.45, 7) is 1.77. The Hall–Kier alpha value is -2.91. The maximum absolute atomic E-state index is 13.3. The van der Waals surface area contributed by atoms with Crippen LogP contribution < -0.4 is 0 Å². The van der Waals surface area contributed by atoms with Gasteiger partial charge in [0.15, 0.2) is 6.04 Å². The van der Waals surface area contributed by atoms with Gasteiger partial charge in [-0.15, -0.1) is 0 Å². The normalized spacial score (nSPS) is 21.1. The number of aliphatic carboxylic acids is 1. The quantitative estimate of drug-likeness (QED) is 0.774. The predicted molar refractivity (Wildman–Crippen MR) is 109 cm³/mol. The topological polar surface area (TPSA) is 70.1 Å². The number of hydrogen-bond acceptors (Lipinski definition) is 4. The van der Waals surface area contributed by atoms with E-state index in [1.807, 2.05) is 30.3 Å². The Kier molecular flexibility index (Phi) is 5.96. The van der Waals surface area contributed by atoms with Gasteiger partial charge in [0.2, 0.25) is 0 Å². The van der Waals surface area contributed by atoms with Crippen molar-refractivity contribution >= 4 is 11.9 Å². The van der Waals surface area contributed by atoms with Crippen LogP contribution in [0, 0.1) is 0 Å². The van der Waals surface area contributed by atoms with E-state index in [4.69, 9.17) is 4.74 Å². The fourth-order valence-corrected chi connectivity index (χ4v) is 4.40.